The molecule has 0 aliphatic carbocycles. The minimum atomic E-state index is -1.07. The maximum Gasteiger partial charge on any atom is 0.339 e. The topological polar surface area (TPSA) is 75.6 Å². The number of ether oxygens (including phenoxy) is 1. The van der Waals surface area contributed by atoms with Gasteiger partial charge in [-0.15, -0.1) is 0 Å². The van der Waals surface area contributed by atoms with Gasteiger partial charge >= 0.3 is 5.97 Å². The van der Waals surface area contributed by atoms with Crippen molar-refractivity contribution in [2.24, 2.45) is 5.41 Å². The van der Waals surface area contributed by atoms with Gasteiger partial charge in [-0.1, -0.05) is 20.8 Å². The number of hydrogen-bond acceptors (Lipinski definition) is 3. The Labute approximate surface area is 112 Å². The first kappa shape index (κ1) is 15.0. The van der Waals surface area contributed by atoms with Crippen LogP contribution in [0.2, 0.25) is 0 Å². The summed E-state index contributed by atoms with van der Waals surface area (Å²) in [6, 6.07) is 4.47. The summed E-state index contributed by atoms with van der Waals surface area (Å²) in [4.78, 5) is 23.0. The Balaban J connectivity index is 2.98. The monoisotopic (exact) mass is 265 g/mol. The summed E-state index contributed by atoms with van der Waals surface area (Å²) in [7, 11) is 1.39. The van der Waals surface area contributed by atoms with E-state index in [4.69, 9.17) is 9.84 Å². The van der Waals surface area contributed by atoms with E-state index >= 15 is 0 Å². The molecule has 0 saturated carbocycles. The Morgan fingerprint density at radius 1 is 1.37 bits per heavy atom. The molecular formula is C14H19NO4. The summed E-state index contributed by atoms with van der Waals surface area (Å²) < 4.78 is 5.01. The molecule has 1 aromatic carbocycles. The van der Waals surface area contributed by atoms with E-state index in [1.165, 1.54) is 19.2 Å². The third-order valence-electron chi connectivity index (χ3n) is 3.19. The van der Waals surface area contributed by atoms with Crippen molar-refractivity contribution in [2.75, 3.05) is 12.4 Å². The number of amides is 1. The van der Waals surface area contributed by atoms with Gasteiger partial charge in [0.15, 0.2) is 0 Å². The summed E-state index contributed by atoms with van der Waals surface area (Å²) in [5, 5.41) is 11.7. The Kier molecular flexibility index (Phi) is 4.53. The van der Waals surface area contributed by atoms with Crippen molar-refractivity contribution >= 4 is 17.6 Å². The number of rotatable bonds is 5. The zero-order valence-electron chi connectivity index (χ0n) is 11.6. The number of benzene rings is 1. The summed E-state index contributed by atoms with van der Waals surface area (Å²) in [5.74, 6) is -0.955. The quantitative estimate of drug-likeness (QED) is 0.858. The van der Waals surface area contributed by atoms with Crippen LogP contribution in [0, 0.1) is 5.41 Å². The van der Waals surface area contributed by atoms with Crippen LogP contribution in [0.5, 0.6) is 5.75 Å². The molecular weight excluding hydrogens is 246 g/mol. The third kappa shape index (κ3) is 3.47. The van der Waals surface area contributed by atoms with Gasteiger partial charge in [-0.25, -0.2) is 4.79 Å². The largest absolute Gasteiger partial charge is 0.496 e. The smallest absolute Gasteiger partial charge is 0.339 e. The number of carboxylic acid groups (broad SMARTS) is 1. The Morgan fingerprint density at radius 2 is 2.00 bits per heavy atom. The Morgan fingerprint density at radius 3 is 2.47 bits per heavy atom. The van der Waals surface area contributed by atoms with E-state index in [9.17, 15) is 9.59 Å². The van der Waals surface area contributed by atoms with Crippen LogP contribution >= 0.6 is 0 Å². The van der Waals surface area contributed by atoms with E-state index in [1.807, 2.05) is 20.8 Å². The molecule has 0 radical (unpaired) electrons. The van der Waals surface area contributed by atoms with Crippen LogP contribution in [0.25, 0.3) is 0 Å². The lowest BCUT2D eigenvalue weighted by Crippen LogP contribution is -2.30. The third-order valence-corrected chi connectivity index (χ3v) is 3.19. The fourth-order valence-corrected chi connectivity index (χ4v) is 1.41. The number of aromatic carboxylic acids is 1. The fraction of sp³-hybridized carbons (Fsp3) is 0.429. The summed E-state index contributed by atoms with van der Waals surface area (Å²) in [6.07, 6.45) is 0.711. The lowest BCUT2D eigenvalue weighted by Gasteiger charge is -2.21. The van der Waals surface area contributed by atoms with Gasteiger partial charge in [0.2, 0.25) is 5.91 Å². The first-order valence-corrected chi connectivity index (χ1v) is 6.04. The number of hydrogen-bond donors (Lipinski definition) is 2. The number of carboxylic acids is 1. The zero-order valence-corrected chi connectivity index (χ0v) is 11.6. The van der Waals surface area contributed by atoms with E-state index < -0.39 is 11.4 Å². The molecule has 0 aromatic heterocycles. The molecule has 0 aliphatic heterocycles. The maximum atomic E-state index is 12.0. The summed E-state index contributed by atoms with van der Waals surface area (Å²) in [5.41, 5.74) is 0.113. The first-order chi connectivity index (χ1) is 8.81. The molecule has 1 amide bonds. The van der Waals surface area contributed by atoms with Gasteiger partial charge < -0.3 is 15.2 Å². The maximum absolute atomic E-state index is 12.0. The zero-order chi connectivity index (χ0) is 14.6. The van der Waals surface area contributed by atoms with Crippen LogP contribution in [0.3, 0.4) is 0 Å². The molecule has 0 fully saturated rings. The Hall–Kier alpha value is -2.04. The number of methoxy groups -OCH3 is 1. The molecule has 0 heterocycles. The number of nitrogens with one attached hydrogen (secondary N) is 1. The van der Waals surface area contributed by atoms with Crippen molar-refractivity contribution in [3.63, 3.8) is 0 Å². The normalized spacial score (nSPS) is 10.9. The van der Waals surface area contributed by atoms with E-state index in [-0.39, 0.29) is 17.2 Å². The highest BCUT2D eigenvalue weighted by Gasteiger charge is 2.25. The van der Waals surface area contributed by atoms with Gasteiger partial charge in [0.25, 0.3) is 0 Å². The number of carbonyl (C=O) groups is 2. The van der Waals surface area contributed by atoms with Gasteiger partial charge in [-0.05, 0) is 18.6 Å². The molecule has 0 spiro atoms. The van der Waals surface area contributed by atoms with Gasteiger partial charge in [-0.2, -0.15) is 0 Å². The molecule has 1 rings (SSSR count). The highest BCUT2D eigenvalue weighted by Crippen LogP contribution is 2.26. The fourth-order valence-electron chi connectivity index (χ4n) is 1.41. The van der Waals surface area contributed by atoms with Crippen molar-refractivity contribution in [1.29, 1.82) is 0 Å². The average molecular weight is 265 g/mol. The predicted molar refractivity (Wildman–Crippen MR) is 72.7 cm³/mol. The second kappa shape index (κ2) is 5.73. The lowest BCUT2D eigenvalue weighted by atomic mass is 9.89. The molecule has 104 valence electrons. The highest BCUT2D eigenvalue weighted by atomic mass is 16.5. The number of carbonyl (C=O) groups excluding carboxylic acids is 1. The molecule has 5 heteroatoms. The molecule has 19 heavy (non-hydrogen) atoms. The molecule has 2 N–H and O–H groups in total. The standard InChI is InChI=1S/C14H19NO4/c1-5-14(2,3)13(18)15-9-6-7-10(12(16)17)11(8-9)19-4/h6-8H,5H2,1-4H3,(H,15,18)(H,16,17). The van der Waals surface area contributed by atoms with Gasteiger partial charge in [0.1, 0.15) is 11.3 Å². The predicted octanol–water partition coefficient (Wildman–Crippen LogP) is 2.77. The van der Waals surface area contributed by atoms with E-state index in [1.54, 1.807) is 6.07 Å². The van der Waals surface area contributed by atoms with Crippen molar-refractivity contribution in [3.05, 3.63) is 23.8 Å². The number of anilines is 1. The highest BCUT2D eigenvalue weighted by molar-refractivity contribution is 5.96. The van der Waals surface area contributed by atoms with Crippen LogP contribution in [0.15, 0.2) is 18.2 Å². The van der Waals surface area contributed by atoms with E-state index in [0.29, 0.717) is 12.1 Å². The van der Waals surface area contributed by atoms with Gasteiger partial charge in [-0.3, -0.25) is 4.79 Å². The van der Waals surface area contributed by atoms with Crippen LogP contribution in [0.4, 0.5) is 5.69 Å². The summed E-state index contributed by atoms with van der Waals surface area (Å²) >= 11 is 0. The lowest BCUT2D eigenvalue weighted by molar-refractivity contribution is -0.124. The van der Waals surface area contributed by atoms with Crippen molar-refractivity contribution in [1.82, 2.24) is 0 Å². The van der Waals surface area contributed by atoms with Gasteiger partial charge in [0, 0.05) is 17.2 Å². The summed E-state index contributed by atoms with van der Waals surface area (Å²) in [6.45, 7) is 5.64. The second-order valence-electron chi connectivity index (χ2n) is 4.91. The average Bonchev–Trinajstić information content (AvgIpc) is 2.38. The van der Waals surface area contributed by atoms with Crippen LogP contribution in [-0.2, 0) is 4.79 Å². The SMILES string of the molecule is CCC(C)(C)C(=O)Nc1ccc(C(=O)O)c(OC)c1. The van der Waals surface area contributed by atoms with Crippen molar-refractivity contribution in [3.8, 4) is 5.75 Å². The molecule has 1 aromatic rings. The van der Waals surface area contributed by atoms with Crippen molar-refractivity contribution < 1.29 is 19.4 Å². The van der Waals surface area contributed by atoms with Crippen molar-refractivity contribution in [2.45, 2.75) is 27.2 Å². The molecule has 0 atom stereocenters. The molecule has 5 nitrogen and oxygen atoms in total. The molecule has 0 aliphatic rings. The van der Waals surface area contributed by atoms with Crippen LogP contribution in [-0.4, -0.2) is 24.1 Å². The van der Waals surface area contributed by atoms with Gasteiger partial charge in [0.05, 0.1) is 7.11 Å². The van der Waals surface area contributed by atoms with E-state index in [2.05, 4.69) is 5.32 Å². The van der Waals surface area contributed by atoms with E-state index in [0.717, 1.165) is 0 Å². The minimum absolute atomic E-state index is 0.0650. The minimum Gasteiger partial charge on any atom is -0.496 e. The first-order valence-electron chi connectivity index (χ1n) is 6.04. The Bertz CT molecular complexity index is 494. The molecule has 0 unspecified atom stereocenters. The molecule has 0 saturated heterocycles. The second-order valence-corrected chi connectivity index (χ2v) is 4.91. The molecule has 0 bridgehead atoms. The van der Waals surface area contributed by atoms with Crippen LogP contribution < -0.4 is 10.1 Å². The van der Waals surface area contributed by atoms with Crippen LogP contribution in [0.1, 0.15) is 37.6 Å².